The van der Waals surface area contributed by atoms with Crippen LogP contribution in [0.1, 0.15) is 18.4 Å². The zero-order chi connectivity index (χ0) is 22.0. The van der Waals surface area contributed by atoms with E-state index >= 15 is 0 Å². The summed E-state index contributed by atoms with van der Waals surface area (Å²) in [6.45, 7) is 1.70. The van der Waals surface area contributed by atoms with Crippen LogP contribution in [0.3, 0.4) is 0 Å². The Bertz CT molecular complexity index is 1120. The molecule has 2 N–H and O–H groups in total. The van der Waals surface area contributed by atoms with Crippen LogP contribution in [0.25, 0.3) is 10.9 Å². The summed E-state index contributed by atoms with van der Waals surface area (Å²) in [6, 6.07) is 11.1. The van der Waals surface area contributed by atoms with Gasteiger partial charge >= 0.3 is 5.97 Å². The van der Waals surface area contributed by atoms with Crippen LogP contribution >= 0.6 is 23.2 Å². The monoisotopic (exact) mass is 460 g/mol. The van der Waals surface area contributed by atoms with Crippen molar-refractivity contribution in [2.45, 2.75) is 19.4 Å². The summed E-state index contributed by atoms with van der Waals surface area (Å²) in [5.41, 5.74) is 1.74. The minimum Gasteiger partial charge on any atom is -0.495 e. The zero-order valence-corrected chi connectivity index (χ0v) is 18.5. The molecule has 162 valence electrons. The van der Waals surface area contributed by atoms with Gasteiger partial charge in [-0.3, -0.25) is 4.79 Å². The van der Waals surface area contributed by atoms with E-state index in [4.69, 9.17) is 37.9 Å². The van der Waals surface area contributed by atoms with E-state index in [0.717, 1.165) is 16.5 Å². The van der Waals surface area contributed by atoms with Gasteiger partial charge in [0.1, 0.15) is 11.6 Å². The predicted octanol–water partition coefficient (Wildman–Crippen LogP) is 4.86. The number of hydrogen-bond acceptors (Lipinski definition) is 6. The first kappa shape index (κ1) is 21.5. The summed E-state index contributed by atoms with van der Waals surface area (Å²) in [4.78, 5) is 22.7. The third-order valence-electron chi connectivity index (χ3n) is 5.45. The van der Waals surface area contributed by atoms with Crippen LogP contribution < -0.4 is 15.0 Å². The van der Waals surface area contributed by atoms with Crippen molar-refractivity contribution in [1.29, 1.82) is 0 Å². The molecule has 1 aliphatic heterocycles. The van der Waals surface area contributed by atoms with Gasteiger partial charge in [0.2, 0.25) is 5.95 Å². The van der Waals surface area contributed by atoms with Crippen LogP contribution in [-0.2, 0) is 11.3 Å². The summed E-state index contributed by atoms with van der Waals surface area (Å²) in [5, 5.41) is 14.6. The quantitative estimate of drug-likeness (QED) is 0.542. The van der Waals surface area contributed by atoms with Gasteiger partial charge in [0.05, 0.1) is 23.6 Å². The van der Waals surface area contributed by atoms with Gasteiger partial charge in [-0.1, -0.05) is 29.3 Å². The van der Waals surface area contributed by atoms with E-state index in [2.05, 4.69) is 5.32 Å². The summed E-state index contributed by atoms with van der Waals surface area (Å²) in [7, 11) is 1.58. The smallest absolute Gasteiger partial charge is 0.306 e. The topological polar surface area (TPSA) is 87.6 Å². The molecule has 0 atom stereocenters. The molecule has 31 heavy (non-hydrogen) atoms. The van der Waals surface area contributed by atoms with Crippen LogP contribution in [-0.4, -0.2) is 41.2 Å². The first-order valence-electron chi connectivity index (χ1n) is 9.96. The van der Waals surface area contributed by atoms with Crippen molar-refractivity contribution in [2.24, 2.45) is 5.92 Å². The SMILES string of the molecule is COc1ccc(CNc2nc(N3CCC(C(=O)O)CC3)nc3ccc(Cl)cc23)cc1Cl. The van der Waals surface area contributed by atoms with Crippen molar-refractivity contribution < 1.29 is 14.6 Å². The number of aromatic nitrogens is 2. The number of benzene rings is 2. The Hall–Kier alpha value is -2.77. The fraction of sp³-hybridized carbons (Fsp3) is 0.318. The molecule has 2 aromatic carbocycles. The number of piperidine rings is 1. The van der Waals surface area contributed by atoms with Crippen LogP contribution in [0.15, 0.2) is 36.4 Å². The number of nitrogens with one attached hydrogen (secondary N) is 1. The average molecular weight is 461 g/mol. The molecule has 3 aromatic rings. The molecule has 1 fully saturated rings. The lowest BCUT2D eigenvalue weighted by atomic mass is 9.97. The number of hydrogen-bond donors (Lipinski definition) is 2. The molecular weight excluding hydrogens is 439 g/mol. The number of rotatable bonds is 6. The van der Waals surface area contributed by atoms with Crippen molar-refractivity contribution in [3.05, 3.63) is 52.0 Å². The molecule has 2 heterocycles. The molecule has 0 unspecified atom stereocenters. The molecule has 0 spiro atoms. The van der Waals surface area contributed by atoms with E-state index < -0.39 is 5.97 Å². The second-order valence-electron chi connectivity index (χ2n) is 7.46. The highest BCUT2D eigenvalue weighted by molar-refractivity contribution is 6.32. The summed E-state index contributed by atoms with van der Waals surface area (Å²) >= 11 is 12.5. The van der Waals surface area contributed by atoms with Crippen LogP contribution in [0.2, 0.25) is 10.0 Å². The fourth-order valence-corrected chi connectivity index (χ4v) is 4.15. The first-order valence-corrected chi connectivity index (χ1v) is 10.7. The fourth-order valence-electron chi connectivity index (χ4n) is 3.70. The van der Waals surface area contributed by atoms with E-state index in [0.29, 0.717) is 60.0 Å². The van der Waals surface area contributed by atoms with Gasteiger partial charge in [-0.05, 0) is 48.7 Å². The summed E-state index contributed by atoms with van der Waals surface area (Å²) in [5.74, 6) is 0.808. The molecule has 9 heteroatoms. The average Bonchev–Trinajstić information content (AvgIpc) is 2.77. The Kier molecular flexibility index (Phi) is 6.34. The molecule has 0 amide bonds. The normalized spacial score (nSPS) is 14.6. The van der Waals surface area contributed by atoms with Crippen molar-refractivity contribution in [1.82, 2.24) is 9.97 Å². The lowest BCUT2D eigenvalue weighted by molar-refractivity contribution is -0.142. The van der Waals surface area contributed by atoms with Crippen LogP contribution in [0.5, 0.6) is 5.75 Å². The van der Waals surface area contributed by atoms with E-state index in [1.165, 1.54) is 0 Å². The maximum Gasteiger partial charge on any atom is 0.306 e. The number of halogens is 2. The molecule has 1 aromatic heterocycles. The van der Waals surface area contributed by atoms with Crippen molar-refractivity contribution in [3.63, 3.8) is 0 Å². The van der Waals surface area contributed by atoms with Gasteiger partial charge in [0.25, 0.3) is 0 Å². The second kappa shape index (κ2) is 9.16. The maximum atomic E-state index is 11.3. The Morgan fingerprint density at radius 2 is 1.97 bits per heavy atom. The minimum absolute atomic E-state index is 0.312. The maximum absolute atomic E-state index is 11.3. The van der Waals surface area contributed by atoms with E-state index in [9.17, 15) is 9.90 Å². The Morgan fingerprint density at radius 3 is 2.65 bits per heavy atom. The number of carboxylic acids is 1. The van der Waals surface area contributed by atoms with E-state index in [-0.39, 0.29) is 5.92 Å². The molecule has 7 nitrogen and oxygen atoms in total. The van der Waals surface area contributed by atoms with Gasteiger partial charge in [-0.25, -0.2) is 4.98 Å². The molecule has 4 rings (SSSR count). The number of nitrogens with zero attached hydrogens (tertiary/aromatic N) is 3. The van der Waals surface area contributed by atoms with Crippen molar-refractivity contribution in [3.8, 4) is 5.75 Å². The first-order chi connectivity index (χ1) is 14.9. The predicted molar refractivity (Wildman–Crippen MR) is 122 cm³/mol. The third kappa shape index (κ3) is 4.78. The molecule has 0 saturated carbocycles. The third-order valence-corrected chi connectivity index (χ3v) is 5.98. The van der Waals surface area contributed by atoms with Gasteiger partial charge < -0.3 is 20.1 Å². The Balaban J connectivity index is 1.61. The standard InChI is InChI=1S/C22H22Cl2N4O3/c1-31-19-5-2-13(10-17(19)24)12-25-20-16-11-15(23)3-4-18(16)26-22(27-20)28-8-6-14(7-9-28)21(29)30/h2-5,10-11,14H,6-9,12H2,1H3,(H,29,30)(H,25,26,27). The number of carboxylic acid groups (broad SMARTS) is 1. The van der Waals surface area contributed by atoms with E-state index in [1.807, 2.05) is 35.2 Å². The Morgan fingerprint density at radius 1 is 1.19 bits per heavy atom. The van der Waals surface area contributed by atoms with Gasteiger partial charge in [0.15, 0.2) is 0 Å². The Labute approximate surface area is 190 Å². The number of ether oxygens (including phenoxy) is 1. The molecular formula is C22H22Cl2N4O3. The molecule has 0 bridgehead atoms. The largest absolute Gasteiger partial charge is 0.495 e. The van der Waals surface area contributed by atoms with Crippen molar-refractivity contribution >= 4 is 51.8 Å². The minimum atomic E-state index is -0.741. The summed E-state index contributed by atoms with van der Waals surface area (Å²) in [6.07, 6.45) is 1.15. The number of fused-ring (bicyclic) bond motifs is 1. The number of carbonyl (C=O) groups is 1. The highest BCUT2D eigenvalue weighted by Gasteiger charge is 2.26. The highest BCUT2D eigenvalue weighted by atomic mass is 35.5. The number of methoxy groups -OCH3 is 1. The van der Waals surface area contributed by atoms with E-state index in [1.54, 1.807) is 13.2 Å². The molecule has 0 radical (unpaired) electrons. The van der Waals surface area contributed by atoms with Crippen molar-refractivity contribution in [2.75, 3.05) is 30.4 Å². The summed E-state index contributed by atoms with van der Waals surface area (Å²) < 4.78 is 5.21. The van der Waals surface area contributed by atoms with Gasteiger partial charge in [-0.15, -0.1) is 0 Å². The highest BCUT2D eigenvalue weighted by Crippen LogP contribution is 2.30. The second-order valence-corrected chi connectivity index (χ2v) is 8.30. The van der Waals surface area contributed by atoms with Gasteiger partial charge in [0, 0.05) is 30.0 Å². The number of anilines is 2. The molecule has 0 aliphatic carbocycles. The number of aliphatic carboxylic acids is 1. The molecule has 1 saturated heterocycles. The molecule has 1 aliphatic rings. The lowest BCUT2D eigenvalue weighted by Gasteiger charge is -2.30. The van der Waals surface area contributed by atoms with Gasteiger partial charge in [-0.2, -0.15) is 4.98 Å². The van der Waals surface area contributed by atoms with Crippen LogP contribution in [0.4, 0.5) is 11.8 Å². The zero-order valence-electron chi connectivity index (χ0n) is 16.9. The van der Waals surface area contributed by atoms with Crippen LogP contribution in [0, 0.1) is 5.92 Å². The lowest BCUT2D eigenvalue weighted by Crippen LogP contribution is -2.37.